The van der Waals surface area contributed by atoms with Crippen LogP contribution in [0.2, 0.25) is 0 Å². The zero-order chi connectivity index (χ0) is 14.5. The van der Waals surface area contributed by atoms with Gasteiger partial charge in [0, 0.05) is 23.2 Å². The molecule has 0 aromatic carbocycles. The molecule has 20 heavy (non-hydrogen) atoms. The van der Waals surface area contributed by atoms with Crippen LogP contribution in [0.1, 0.15) is 10.4 Å². The van der Waals surface area contributed by atoms with Gasteiger partial charge in [-0.15, -0.1) is 11.3 Å². The van der Waals surface area contributed by atoms with Gasteiger partial charge in [-0.1, -0.05) is 23.6 Å². The second-order valence-electron chi connectivity index (χ2n) is 3.71. The van der Waals surface area contributed by atoms with Crippen LogP contribution in [0.25, 0.3) is 0 Å². The van der Waals surface area contributed by atoms with Crippen molar-refractivity contribution >= 4 is 23.1 Å². The van der Waals surface area contributed by atoms with Crippen LogP contribution in [0.4, 0.5) is 0 Å². The minimum Gasteiger partial charge on any atom is -0.384 e. The maximum Gasteiger partial charge on any atom is 0.339 e. The van der Waals surface area contributed by atoms with Crippen molar-refractivity contribution in [3.63, 3.8) is 0 Å². The van der Waals surface area contributed by atoms with Gasteiger partial charge in [-0.25, -0.2) is 0 Å². The number of hydrogen-bond donors (Lipinski definition) is 2. The lowest BCUT2D eigenvalue weighted by atomic mass is 10.3. The van der Waals surface area contributed by atoms with Crippen LogP contribution < -0.4 is 11.1 Å². The molecular formula is C12H11N3O3S2. The molecule has 2 rings (SSSR count). The Labute approximate surface area is 122 Å². The number of aliphatic hydroxyl groups is 1. The van der Waals surface area contributed by atoms with Gasteiger partial charge in [0.15, 0.2) is 5.16 Å². The standard InChI is InChI=1S/C12H11N3O3S2/c1-15-12(13-10(17)11(18)14-15)20-7-9-8(3-2-5-16)4-6-19-9/h4,6,16H,5,7H2,1H3,(H,14,18). The Morgan fingerprint density at radius 1 is 1.55 bits per heavy atom. The summed E-state index contributed by atoms with van der Waals surface area (Å²) in [5.74, 6) is 6.05. The Balaban J connectivity index is 2.17. The number of thiophene rings is 1. The molecule has 0 aliphatic rings. The summed E-state index contributed by atoms with van der Waals surface area (Å²) in [6, 6.07) is 1.88. The van der Waals surface area contributed by atoms with Crippen LogP contribution in [-0.4, -0.2) is 26.5 Å². The molecule has 8 heteroatoms. The minimum atomic E-state index is -0.794. The molecule has 0 radical (unpaired) electrons. The van der Waals surface area contributed by atoms with E-state index in [1.165, 1.54) is 16.4 Å². The van der Waals surface area contributed by atoms with Gasteiger partial charge in [0.25, 0.3) is 0 Å². The number of H-pyrrole nitrogens is 1. The summed E-state index contributed by atoms with van der Waals surface area (Å²) in [6.07, 6.45) is 0. The summed E-state index contributed by atoms with van der Waals surface area (Å²) in [4.78, 5) is 27.1. The summed E-state index contributed by atoms with van der Waals surface area (Å²) in [7, 11) is 1.62. The van der Waals surface area contributed by atoms with Crippen LogP contribution in [0.3, 0.4) is 0 Å². The first kappa shape index (κ1) is 14.6. The average Bonchev–Trinajstić information content (AvgIpc) is 2.86. The van der Waals surface area contributed by atoms with Crippen LogP contribution >= 0.6 is 23.1 Å². The maximum atomic E-state index is 11.2. The zero-order valence-electron chi connectivity index (χ0n) is 10.5. The zero-order valence-corrected chi connectivity index (χ0v) is 12.2. The molecule has 0 saturated carbocycles. The first-order valence-corrected chi connectivity index (χ1v) is 7.44. The molecule has 2 aromatic rings. The van der Waals surface area contributed by atoms with E-state index in [4.69, 9.17) is 5.11 Å². The molecule has 2 N–H and O–H groups in total. The molecular weight excluding hydrogens is 298 g/mol. The highest BCUT2D eigenvalue weighted by atomic mass is 32.2. The van der Waals surface area contributed by atoms with Gasteiger partial charge in [0.1, 0.15) is 6.61 Å². The van der Waals surface area contributed by atoms with E-state index in [9.17, 15) is 9.59 Å². The molecule has 0 unspecified atom stereocenters. The van der Waals surface area contributed by atoms with Crippen LogP contribution in [0, 0.1) is 11.8 Å². The van der Waals surface area contributed by atoms with Crippen LogP contribution in [0.5, 0.6) is 0 Å². The summed E-state index contributed by atoms with van der Waals surface area (Å²) >= 11 is 2.88. The van der Waals surface area contributed by atoms with Gasteiger partial charge < -0.3 is 5.11 Å². The number of hydrogen-bond acceptors (Lipinski definition) is 6. The number of nitrogens with zero attached hydrogens (tertiary/aromatic N) is 2. The van der Waals surface area contributed by atoms with E-state index >= 15 is 0 Å². The van der Waals surface area contributed by atoms with Crippen molar-refractivity contribution in [1.29, 1.82) is 0 Å². The number of aromatic amines is 1. The third-order valence-corrected chi connectivity index (χ3v) is 4.49. The number of thioether (sulfide) groups is 1. The summed E-state index contributed by atoms with van der Waals surface area (Å²) in [5, 5.41) is 13.4. The fourth-order valence-corrected chi connectivity index (χ4v) is 3.28. The third kappa shape index (κ3) is 3.39. The SMILES string of the molecule is Cn1[nH]c(=O)c(=O)nc1SCc1sccc1C#CCO. The summed E-state index contributed by atoms with van der Waals surface area (Å²) < 4.78 is 1.42. The van der Waals surface area contributed by atoms with E-state index in [1.54, 1.807) is 18.4 Å². The summed E-state index contributed by atoms with van der Waals surface area (Å²) in [6.45, 7) is -0.182. The molecule has 6 nitrogen and oxygen atoms in total. The quantitative estimate of drug-likeness (QED) is 0.479. The Morgan fingerprint density at radius 3 is 3.10 bits per heavy atom. The lowest BCUT2D eigenvalue weighted by Gasteiger charge is -2.04. The highest BCUT2D eigenvalue weighted by Crippen LogP contribution is 2.25. The smallest absolute Gasteiger partial charge is 0.339 e. The van der Waals surface area contributed by atoms with E-state index in [0.717, 1.165) is 10.4 Å². The maximum absolute atomic E-state index is 11.2. The molecule has 0 fully saturated rings. The topological polar surface area (TPSA) is 88.0 Å². The van der Waals surface area contributed by atoms with Crippen LogP contribution in [0.15, 0.2) is 26.2 Å². The van der Waals surface area contributed by atoms with Crippen LogP contribution in [-0.2, 0) is 12.8 Å². The van der Waals surface area contributed by atoms with E-state index in [2.05, 4.69) is 21.9 Å². The highest BCUT2D eigenvalue weighted by molar-refractivity contribution is 7.98. The third-order valence-electron chi connectivity index (χ3n) is 2.33. The number of nitrogens with one attached hydrogen (secondary N) is 1. The highest BCUT2D eigenvalue weighted by Gasteiger charge is 2.08. The minimum absolute atomic E-state index is 0.182. The molecule has 104 valence electrons. The molecule has 0 spiro atoms. The van der Waals surface area contributed by atoms with Gasteiger partial charge in [-0.2, -0.15) is 4.98 Å². The van der Waals surface area contributed by atoms with E-state index in [0.29, 0.717) is 10.9 Å². The first-order chi connectivity index (χ1) is 9.61. The van der Waals surface area contributed by atoms with Crippen molar-refractivity contribution < 1.29 is 5.11 Å². The van der Waals surface area contributed by atoms with E-state index in [-0.39, 0.29) is 6.61 Å². The first-order valence-electron chi connectivity index (χ1n) is 5.58. The Hall–Kier alpha value is -1.82. The summed E-state index contributed by atoms with van der Waals surface area (Å²) in [5.41, 5.74) is -0.675. The normalized spacial score (nSPS) is 10.1. The number of aryl methyl sites for hydroxylation is 1. The van der Waals surface area contributed by atoms with Crippen molar-refractivity contribution in [3.05, 3.63) is 42.6 Å². The fraction of sp³-hybridized carbons (Fsp3) is 0.250. The van der Waals surface area contributed by atoms with Gasteiger partial charge in [0.2, 0.25) is 0 Å². The largest absolute Gasteiger partial charge is 0.384 e. The number of aliphatic hydroxyl groups excluding tert-OH is 1. The number of rotatable bonds is 3. The van der Waals surface area contributed by atoms with Crippen molar-refractivity contribution in [2.45, 2.75) is 10.9 Å². The van der Waals surface area contributed by atoms with Gasteiger partial charge >= 0.3 is 11.1 Å². The Morgan fingerprint density at radius 2 is 2.35 bits per heavy atom. The average molecular weight is 309 g/mol. The van der Waals surface area contributed by atoms with Gasteiger partial charge in [-0.05, 0) is 11.4 Å². The molecule has 0 amide bonds. The van der Waals surface area contributed by atoms with E-state index in [1.807, 2.05) is 11.4 Å². The second kappa shape index (κ2) is 6.56. The van der Waals surface area contributed by atoms with Crippen molar-refractivity contribution in [2.24, 2.45) is 7.05 Å². The Kier molecular flexibility index (Phi) is 4.79. The van der Waals surface area contributed by atoms with Gasteiger partial charge in [-0.3, -0.25) is 19.4 Å². The number of aromatic nitrogens is 3. The monoisotopic (exact) mass is 309 g/mol. The molecule has 2 heterocycles. The molecule has 2 aromatic heterocycles. The Bertz CT molecular complexity index is 779. The molecule has 0 aliphatic heterocycles. The molecule has 0 aliphatic carbocycles. The van der Waals surface area contributed by atoms with Crippen molar-refractivity contribution in [2.75, 3.05) is 6.61 Å². The molecule has 0 bridgehead atoms. The predicted molar refractivity (Wildman–Crippen MR) is 77.9 cm³/mol. The van der Waals surface area contributed by atoms with Gasteiger partial charge in [0.05, 0.1) is 0 Å². The molecule has 0 saturated heterocycles. The molecule has 0 atom stereocenters. The lowest BCUT2D eigenvalue weighted by molar-refractivity contribution is 0.350. The second-order valence-corrected chi connectivity index (χ2v) is 5.65. The fourth-order valence-electron chi connectivity index (χ4n) is 1.42. The van der Waals surface area contributed by atoms with Crippen molar-refractivity contribution in [3.8, 4) is 11.8 Å². The predicted octanol–water partition coefficient (Wildman–Crippen LogP) is 0.166. The van der Waals surface area contributed by atoms with E-state index < -0.39 is 11.1 Å². The van der Waals surface area contributed by atoms with Crippen molar-refractivity contribution in [1.82, 2.24) is 14.8 Å². The lowest BCUT2D eigenvalue weighted by Crippen LogP contribution is -2.33.